The summed E-state index contributed by atoms with van der Waals surface area (Å²) in [6.45, 7) is 2.49. The van der Waals surface area contributed by atoms with Gasteiger partial charge in [0.15, 0.2) is 17.5 Å². The van der Waals surface area contributed by atoms with Crippen LogP contribution in [0.5, 0.6) is 0 Å². The number of aromatic nitrogens is 4. The lowest BCUT2D eigenvalue weighted by atomic mass is 9.66. The van der Waals surface area contributed by atoms with E-state index in [4.69, 9.17) is 15.0 Å². The zero-order valence-corrected chi connectivity index (χ0v) is 31.2. The molecule has 0 spiro atoms. The molecule has 0 N–H and O–H groups in total. The predicted molar refractivity (Wildman–Crippen MR) is 223 cm³/mol. The van der Waals surface area contributed by atoms with E-state index in [-0.39, 0.29) is 5.41 Å². The maximum absolute atomic E-state index is 9.44. The van der Waals surface area contributed by atoms with Crippen LogP contribution in [-0.4, -0.2) is 19.5 Å². The smallest absolute Gasteiger partial charge is 0.164 e. The van der Waals surface area contributed by atoms with E-state index < -0.39 is 0 Å². The van der Waals surface area contributed by atoms with Crippen LogP contribution in [0, 0.1) is 34.5 Å². The summed E-state index contributed by atoms with van der Waals surface area (Å²) in [5.41, 5.74) is 11.0. The van der Waals surface area contributed by atoms with Crippen LogP contribution in [-0.2, 0) is 5.41 Å². The van der Waals surface area contributed by atoms with Gasteiger partial charge in [-0.1, -0.05) is 86.5 Å². The van der Waals surface area contributed by atoms with Crippen molar-refractivity contribution in [3.8, 4) is 63.1 Å². The summed E-state index contributed by atoms with van der Waals surface area (Å²) < 4.78 is 2.34. The Labute approximate surface area is 326 Å². The van der Waals surface area contributed by atoms with Gasteiger partial charge in [0, 0.05) is 33.2 Å². The molecule has 268 valence electrons. The highest BCUT2D eigenvalue weighted by atomic mass is 15.0. The molecule has 2 fully saturated rings. The molecule has 2 aromatic heterocycles. The summed E-state index contributed by atoms with van der Waals surface area (Å²) in [6.07, 6.45) is 6.87. The van der Waals surface area contributed by atoms with E-state index in [1.54, 1.807) is 24.3 Å². The Balaban J connectivity index is 1.09. The monoisotopic (exact) mass is 722 g/mol. The predicted octanol–water partition coefficient (Wildman–Crippen LogP) is 11.8. The van der Waals surface area contributed by atoms with Crippen LogP contribution in [0.15, 0.2) is 140 Å². The topological polar surface area (TPSA) is 91.2 Å². The lowest BCUT2D eigenvalue weighted by molar-refractivity contribution is 0.232. The molecule has 2 saturated carbocycles. The number of rotatable bonds is 6. The first-order chi connectivity index (χ1) is 27.5. The van der Waals surface area contributed by atoms with Gasteiger partial charge in [0.2, 0.25) is 0 Å². The van der Waals surface area contributed by atoms with Crippen molar-refractivity contribution in [3.63, 3.8) is 0 Å². The number of hydrogen-bond acceptors (Lipinski definition) is 5. The molecule has 0 radical (unpaired) electrons. The van der Waals surface area contributed by atoms with Gasteiger partial charge in [-0.05, 0) is 126 Å². The zero-order chi connectivity index (χ0) is 37.8. The fourth-order valence-electron chi connectivity index (χ4n) is 9.66. The minimum atomic E-state index is 0.273. The molecule has 0 aliphatic heterocycles. The Kier molecular flexibility index (Phi) is 8.08. The number of para-hydroxylation sites is 1. The molecule has 6 nitrogen and oxygen atoms in total. The molecule has 1 unspecified atom stereocenters. The Morgan fingerprint density at radius 1 is 0.571 bits per heavy atom. The molecule has 6 aromatic carbocycles. The maximum Gasteiger partial charge on any atom is 0.164 e. The van der Waals surface area contributed by atoms with Gasteiger partial charge < -0.3 is 4.57 Å². The second-order valence-electron chi connectivity index (χ2n) is 15.9. The highest BCUT2D eigenvalue weighted by Gasteiger charge is 2.41. The van der Waals surface area contributed by atoms with Gasteiger partial charge in [-0.15, -0.1) is 0 Å². The van der Waals surface area contributed by atoms with Crippen LogP contribution in [0.3, 0.4) is 0 Å². The Morgan fingerprint density at radius 2 is 1.14 bits per heavy atom. The molecular formula is C50H38N6. The summed E-state index contributed by atoms with van der Waals surface area (Å²) in [5, 5.41) is 21.0. The fraction of sp³-hybridized carbons (Fsp3) is 0.180. The minimum Gasteiger partial charge on any atom is -0.309 e. The van der Waals surface area contributed by atoms with E-state index in [2.05, 4.69) is 115 Å². The molecule has 0 amide bonds. The van der Waals surface area contributed by atoms with E-state index in [0.717, 1.165) is 56.0 Å². The van der Waals surface area contributed by atoms with Crippen LogP contribution in [0.1, 0.15) is 55.7 Å². The maximum atomic E-state index is 9.44. The van der Waals surface area contributed by atoms with Crippen LogP contribution >= 0.6 is 0 Å². The molecule has 8 aromatic rings. The van der Waals surface area contributed by atoms with E-state index in [1.807, 2.05) is 24.3 Å². The summed E-state index contributed by atoms with van der Waals surface area (Å²) in [4.78, 5) is 15.0. The minimum absolute atomic E-state index is 0.273. The second-order valence-corrected chi connectivity index (χ2v) is 15.9. The number of nitrogens with zero attached hydrogens (tertiary/aromatic N) is 6. The average molecular weight is 723 g/mol. The van der Waals surface area contributed by atoms with E-state index in [9.17, 15) is 10.5 Å². The van der Waals surface area contributed by atoms with Crippen molar-refractivity contribution < 1.29 is 0 Å². The third-order valence-corrected chi connectivity index (χ3v) is 12.3. The summed E-state index contributed by atoms with van der Waals surface area (Å²) in [5.74, 6) is 3.33. The zero-order valence-electron chi connectivity index (χ0n) is 31.2. The van der Waals surface area contributed by atoms with Crippen molar-refractivity contribution in [1.82, 2.24) is 19.5 Å². The first-order valence-corrected chi connectivity index (χ1v) is 19.5. The third-order valence-electron chi connectivity index (χ3n) is 12.3. The third kappa shape index (κ3) is 5.83. The van der Waals surface area contributed by atoms with Crippen LogP contribution in [0.2, 0.25) is 0 Å². The summed E-state index contributed by atoms with van der Waals surface area (Å²) >= 11 is 0. The average Bonchev–Trinajstić information content (AvgIpc) is 3.79. The van der Waals surface area contributed by atoms with Gasteiger partial charge in [-0.2, -0.15) is 10.5 Å². The number of hydrogen-bond donors (Lipinski definition) is 0. The van der Waals surface area contributed by atoms with Crippen LogP contribution in [0.4, 0.5) is 0 Å². The molecule has 56 heavy (non-hydrogen) atoms. The van der Waals surface area contributed by atoms with Crippen molar-refractivity contribution >= 4 is 21.8 Å². The fourth-order valence-corrected chi connectivity index (χ4v) is 9.66. The molecule has 2 heterocycles. The van der Waals surface area contributed by atoms with Gasteiger partial charge in [0.1, 0.15) is 0 Å². The van der Waals surface area contributed by atoms with Gasteiger partial charge in [-0.3, -0.25) is 0 Å². The highest BCUT2D eigenvalue weighted by Crippen LogP contribution is 2.52. The lowest BCUT2D eigenvalue weighted by Crippen LogP contribution is -2.30. The van der Waals surface area contributed by atoms with Gasteiger partial charge >= 0.3 is 0 Å². The molecule has 2 bridgehead atoms. The van der Waals surface area contributed by atoms with Crippen LogP contribution in [0.25, 0.3) is 72.8 Å². The number of benzene rings is 6. The van der Waals surface area contributed by atoms with Crippen molar-refractivity contribution in [1.29, 1.82) is 10.5 Å². The van der Waals surface area contributed by atoms with Gasteiger partial charge in [-0.25, -0.2) is 15.0 Å². The van der Waals surface area contributed by atoms with Gasteiger partial charge in [0.25, 0.3) is 0 Å². The molecule has 2 aliphatic rings. The summed E-state index contributed by atoms with van der Waals surface area (Å²) in [7, 11) is 0. The van der Waals surface area contributed by atoms with Crippen molar-refractivity contribution in [2.45, 2.75) is 44.4 Å². The Hall–Kier alpha value is -6.89. The molecule has 0 saturated heterocycles. The second kappa shape index (κ2) is 13.4. The normalized spacial score (nSPS) is 18.8. The first-order valence-electron chi connectivity index (χ1n) is 19.5. The van der Waals surface area contributed by atoms with Gasteiger partial charge in [0.05, 0.1) is 34.3 Å². The largest absolute Gasteiger partial charge is 0.309 e. The van der Waals surface area contributed by atoms with E-state index in [1.165, 1.54) is 48.8 Å². The lowest BCUT2D eigenvalue weighted by Gasteiger charge is -2.38. The molecule has 6 heteroatoms. The standard InChI is InChI=1S/C50H38N6/c1-50(28-34-12-13-35(26-34)29-50)40-24-22-36(23-25-40)39-6-4-7-41(27-39)56-44-10-3-2-8-42(44)46-43(9-5-11-45(46)56)49-54-47(37-18-14-32(30-51)15-19-37)53-48(55-49)38-20-16-33(31-52)17-21-38/h2-11,14-25,27,34-35H,12-13,26,28-29H2,1H3/t34-,35+,50?. The van der Waals surface area contributed by atoms with Crippen LogP contribution < -0.4 is 0 Å². The van der Waals surface area contributed by atoms with Crippen molar-refractivity contribution in [2.24, 2.45) is 11.8 Å². The Bertz CT molecular complexity index is 2780. The van der Waals surface area contributed by atoms with E-state index in [0.29, 0.717) is 28.6 Å². The Morgan fingerprint density at radius 3 is 1.79 bits per heavy atom. The summed E-state index contributed by atoms with van der Waals surface area (Å²) in [6, 6.07) is 52.0. The molecule has 3 atom stereocenters. The SMILES string of the molecule is CC1(c2ccc(-c3cccc(-n4c5ccccc5c5c(-c6nc(-c7ccc(C#N)cc7)nc(-c7ccc(C#N)cc7)n6)cccc54)c3)cc2)C[C@@H]2CC[C@@H](C2)C1. The highest BCUT2D eigenvalue weighted by molar-refractivity contribution is 6.15. The van der Waals surface area contributed by atoms with Crippen molar-refractivity contribution in [2.75, 3.05) is 0 Å². The molecule has 2 aliphatic carbocycles. The van der Waals surface area contributed by atoms with E-state index >= 15 is 0 Å². The number of fused-ring (bicyclic) bond motifs is 5. The molecular weight excluding hydrogens is 685 g/mol. The first kappa shape index (κ1) is 33.7. The molecule has 10 rings (SSSR count). The van der Waals surface area contributed by atoms with Crippen molar-refractivity contribution in [3.05, 3.63) is 156 Å². The number of nitriles is 2. The quantitative estimate of drug-likeness (QED) is 0.170.